The fourth-order valence-corrected chi connectivity index (χ4v) is 4.57. The van der Waals surface area contributed by atoms with Crippen LogP contribution in [0.4, 0.5) is 0 Å². The Morgan fingerprint density at radius 3 is 2.45 bits per heavy atom. The van der Waals surface area contributed by atoms with E-state index in [0.29, 0.717) is 37.7 Å². The number of nitrogens with zero attached hydrogens (tertiary/aromatic N) is 6. The van der Waals surface area contributed by atoms with Crippen LogP contribution >= 0.6 is 0 Å². The molecule has 9 nitrogen and oxygen atoms in total. The lowest BCUT2D eigenvalue weighted by molar-refractivity contribution is -0.134. The monoisotopic (exact) mass is 444 g/mol. The average molecular weight is 444 g/mol. The maximum Gasteiger partial charge on any atom is 0.289 e. The first-order chi connectivity index (χ1) is 16.1. The topological polar surface area (TPSA) is 97.4 Å². The minimum Gasteiger partial charge on any atom is -0.443 e. The van der Waals surface area contributed by atoms with E-state index in [1.54, 1.807) is 12.1 Å². The van der Waals surface area contributed by atoms with Gasteiger partial charge in [0.15, 0.2) is 11.5 Å². The van der Waals surface area contributed by atoms with E-state index in [0.717, 1.165) is 24.8 Å². The highest BCUT2D eigenvalue weighted by Gasteiger charge is 2.43. The molecular formula is C24H24N6O3. The summed E-state index contributed by atoms with van der Waals surface area (Å²) in [6, 6.07) is 13.1. The zero-order valence-corrected chi connectivity index (χ0v) is 18.2. The Morgan fingerprint density at radius 1 is 0.970 bits per heavy atom. The summed E-state index contributed by atoms with van der Waals surface area (Å²) < 4.78 is 7.15. The average Bonchev–Trinajstić information content (AvgIpc) is 3.60. The van der Waals surface area contributed by atoms with Crippen LogP contribution in [0, 0.1) is 17.3 Å². The minimum atomic E-state index is -0.100. The number of hydrogen-bond donors (Lipinski definition) is 0. The molecule has 0 N–H and O–H groups in total. The number of furan rings is 1. The molecule has 9 heteroatoms. The zero-order valence-electron chi connectivity index (χ0n) is 18.2. The first-order valence-corrected chi connectivity index (χ1v) is 11.1. The van der Waals surface area contributed by atoms with Gasteiger partial charge in [-0.05, 0) is 65.3 Å². The molecule has 0 atom stereocenters. The Labute approximate surface area is 191 Å². The third kappa shape index (κ3) is 4.65. The second kappa shape index (κ2) is 8.90. The summed E-state index contributed by atoms with van der Waals surface area (Å²) in [5, 5.41) is 10.9. The SMILES string of the molecule is O=C(Cn1cnnn1)N1CCC2(CC1)CCN(C(=O)c1ccc(C#Cc3ccccc3)o1)C2. The molecule has 0 aliphatic carbocycles. The van der Waals surface area contributed by atoms with Gasteiger partial charge in [0.2, 0.25) is 5.91 Å². The highest BCUT2D eigenvalue weighted by atomic mass is 16.3. The van der Waals surface area contributed by atoms with Crippen molar-refractivity contribution in [3.05, 3.63) is 65.9 Å². The summed E-state index contributed by atoms with van der Waals surface area (Å²) in [4.78, 5) is 29.2. The van der Waals surface area contributed by atoms with Crippen molar-refractivity contribution in [1.82, 2.24) is 30.0 Å². The molecule has 1 aromatic carbocycles. The van der Waals surface area contributed by atoms with Gasteiger partial charge >= 0.3 is 0 Å². The number of aromatic nitrogens is 4. The van der Waals surface area contributed by atoms with Crippen LogP contribution in [0.25, 0.3) is 0 Å². The molecule has 2 aromatic heterocycles. The lowest BCUT2D eigenvalue weighted by Gasteiger charge is -2.39. The number of rotatable bonds is 3. The Kier molecular flexibility index (Phi) is 5.65. The molecular weight excluding hydrogens is 420 g/mol. The fourth-order valence-electron chi connectivity index (χ4n) is 4.57. The second-order valence-electron chi connectivity index (χ2n) is 8.64. The van der Waals surface area contributed by atoms with Crippen molar-refractivity contribution in [2.45, 2.75) is 25.8 Å². The van der Waals surface area contributed by atoms with E-state index < -0.39 is 0 Å². The molecule has 0 saturated carbocycles. The number of piperidine rings is 1. The van der Waals surface area contributed by atoms with Crippen molar-refractivity contribution in [3.8, 4) is 11.8 Å². The molecule has 33 heavy (non-hydrogen) atoms. The maximum atomic E-state index is 13.0. The van der Waals surface area contributed by atoms with Gasteiger partial charge in [0.25, 0.3) is 5.91 Å². The lowest BCUT2D eigenvalue weighted by Crippen LogP contribution is -2.45. The summed E-state index contributed by atoms with van der Waals surface area (Å²) in [5.41, 5.74) is 0.954. The van der Waals surface area contributed by atoms with Crippen molar-refractivity contribution < 1.29 is 14.0 Å². The first-order valence-electron chi connectivity index (χ1n) is 11.1. The number of carbonyl (C=O) groups is 2. The third-order valence-electron chi connectivity index (χ3n) is 6.51. The van der Waals surface area contributed by atoms with Crippen molar-refractivity contribution in [2.24, 2.45) is 5.41 Å². The van der Waals surface area contributed by atoms with Crippen LogP contribution in [-0.4, -0.2) is 68.0 Å². The number of tetrazole rings is 1. The Balaban J connectivity index is 1.16. The molecule has 168 valence electrons. The standard InChI is InChI=1S/C24H24N6O3/c31-22(16-30-18-25-26-27-30)28-13-10-24(11-14-28)12-15-29(17-24)23(32)21-9-8-20(33-21)7-6-19-4-2-1-3-5-19/h1-5,8-9,18H,10-17H2. The summed E-state index contributed by atoms with van der Waals surface area (Å²) in [5.74, 6) is 6.73. The molecule has 2 aliphatic heterocycles. The van der Waals surface area contributed by atoms with E-state index in [1.807, 2.05) is 40.1 Å². The van der Waals surface area contributed by atoms with E-state index >= 15 is 0 Å². The van der Waals surface area contributed by atoms with Gasteiger partial charge in [-0.25, -0.2) is 4.68 Å². The quantitative estimate of drug-likeness (QED) is 0.572. The van der Waals surface area contributed by atoms with E-state index in [1.165, 1.54) is 11.0 Å². The van der Waals surface area contributed by atoms with Gasteiger partial charge in [0.05, 0.1) is 0 Å². The molecule has 2 saturated heterocycles. The highest BCUT2D eigenvalue weighted by molar-refractivity contribution is 5.92. The molecule has 4 heterocycles. The molecule has 0 bridgehead atoms. The van der Waals surface area contributed by atoms with Gasteiger partial charge < -0.3 is 14.2 Å². The summed E-state index contributed by atoms with van der Waals surface area (Å²) in [7, 11) is 0. The number of carbonyl (C=O) groups excluding carboxylic acids is 2. The fraction of sp³-hybridized carbons (Fsp3) is 0.375. The second-order valence-corrected chi connectivity index (χ2v) is 8.64. The van der Waals surface area contributed by atoms with Crippen LogP contribution in [0.15, 0.2) is 53.2 Å². The van der Waals surface area contributed by atoms with E-state index in [4.69, 9.17) is 4.42 Å². The van der Waals surface area contributed by atoms with Crippen molar-refractivity contribution in [2.75, 3.05) is 26.2 Å². The lowest BCUT2D eigenvalue weighted by atomic mass is 9.78. The van der Waals surface area contributed by atoms with Crippen molar-refractivity contribution >= 4 is 11.8 Å². The zero-order chi connectivity index (χ0) is 22.7. The van der Waals surface area contributed by atoms with Crippen molar-refractivity contribution in [1.29, 1.82) is 0 Å². The van der Waals surface area contributed by atoms with Crippen LogP contribution in [-0.2, 0) is 11.3 Å². The first kappa shape index (κ1) is 20.9. The Hall–Kier alpha value is -3.93. The third-order valence-corrected chi connectivity index (χ3v) is 6.51. The van der Waals surface area contributed by atoms with Crippen molar-refractivity contribution in [3.63, 3.8) is 0 Å². The number of likely N-dealkylation sites (tertiary alicyclic amines) is 2. The van der Waals surface area contributed by atoms with Gasteiger partial charge in [-0.3, -0.25) is 9.59 Å². The summed E-state index contributed by atoms with van der Waals surface area (Å²) in [6.07, 6.45) is 4.14. The molecule has 0 radical (unpaired) electrons. The van der Waals surface area contributed by atoms with Crippen LogP contribution in [0.3, 0.4) is 0 Å². The smallest absolute Gasteiger partial charge is 0.289 e. The highest BCUT2D eigenvalue weighted by Crippen LogP contribution is 2.40. The van der Waals surface area contributed by atoms with Gasteiger partial charge in [-0.15, -0.1) is 5.10 Å². The largest absolute Gasteiger partial charge is 0.443 e. The summed E-state index contributed by atoms with van der Waals surface area (Å²) in [6.45, 7) is 2.90. The predicted molar refractivity (Wildman–Crippen MR) is 118 cm³/mol. The molecule has 2 aliphatic rings. The molecule has 1 spiro atoms. The Morgan fingerprint density at radius 2 is 1.73 bits per heavy atom. The summed E-state index contributed by atoms with van der Waals surface area (Å²) >= 11 is 0. The molecule has 0 unspecified atom stereocenters. The number of benzene rings is 1. The molecule has 3 aromatic rings. The van der Waals surface area contributed by atoms with E-state index in [9.17, 15) is 9.59 Å². The van der Waals surface area contributed by atoms with Gasteiger partial charge in [0, 0.05) is 31.7 Å². The predicted octanol–water partition coefficient (Wildman–Crippen LogP) is 1.82. The molecule has 5 rings (SSSR count). The van der Waals surface area contributed by atoms with E-state index in [2.05, 4.69) is 27.4 Å². The van der Waals surface area contributed by atoms with E-state index in [-0.39, 0.29) is 23.8 Å². The van der Waals surface area contributed by atoms with Crippen LogP contribution in [0.2, 0.25) is 0 Å². The molecule has 2 amide bonds. The van der Waals surface area contributed by atoms with Gasteiger partial charge in [-0.2, -0.15) is 0 Å². The van der Waals surface area contributed by atoms with Crippen LogP contribution in [0.5, 0.6) is 0 Å². The minimum absolute atomic E-state index is 0.0165. The van der Waals surface area contributed by atoms with Crippen LogP contribution in [0.1, 0.15) is 41.1 Å². The van der Waals surface area contributed by atoms with Gasteiger partial charge in [0.1, 0.15) is 12.9 Å². The normalized spacial score (nSPS) is 17.1. The maximum absolute atomic E-state index is 13.0. The Bertz CT molecular complexity index is 1180. The molecule has 2 fully saturated rings. The van der Waals surface area contributed by atoms with Crippen LogP contribution < -0.4 is 0 Å². The number of amides is 2. The number of hydrogen-bond acceptors (Lipinski definition) is 6. The van der Waals surface area contributed by atoms with Gasteiger partial charge in [-0.1, -0.05) is 24.1 Å².